The summed E-state index contributed by atoms with van der Waals surface area (Å²) in [5.74, 6) is -0.717. The first-order chi connectivity index (χ1) is 34.0. The molecule has 0 saturated heterocycles. The van der Waals surface area contributed by atoms with Crippen molar-refractivity contribution < 1.29 is 19.8 Å². The van der Waals surface area contributed by atoms with E-state index in [0.29, 0.717) is 40.4 Å². The summed E-state index contributed by atoms with van der Waals surface area (Å²) in [4.78, 5) is 19.2. The lowest BCUT2D eigenvalue weighted by atomic mass is 10.0. The van der Waals surface area contributed by atoms with Gasteiger partial charge in [-0.05, 0) is 120 Å². The van der Waals surface area contributed by atoms with E-state index in [1.54, 1.807) is 6.07 Å². The van der Waals surface area contributed by atoms with Crippen LogP contribution >= 0.6 is 0 Å². The minimum atomic E-state index is -0.432. The van der Waals surface area contributed by atoms with Crippen LogP contribution in [0, 0.1) is 27.7 Å². The Kier molecular flexibility index (Phi) is 13.8. The predicted octanol–water partition coefficient (Wildman–Crippen LogP) is 16.6. The van der Waals surface area contributed by atoms with Crippen LogP contribution in [-0.4, -0.2) is 16.1 Å². The Labute approximate surface area is 406 Å². The molecule has 0 spiro atoms. The molecule has 9 aromatic carbocycles. The first-order valence-corrected chi connectivity index (χ1v) is 22.9. The second-order valence-corrected chi connectivity index (χ2v) is 17.2. The van der Waals surface area contributed by atoms with Gasteiger partial charge in [0, 0.05) is 16.5 Å². The molecule has 0 radical (unpaired) electrons. The highest BCUT2D eigenvalue weighted by molar-refractivity contribution is 6.12. The van der Waals surface area contributed by atoms with Gasteiger partial charge in [0.1, 0.15) is 17.1 Å². The minimum absolute atomic E-state index is 0.0485. The van der Waals surface area contributed by atoms with Crippen molar-refractivity contribution >= 4 is 85.9 Å². The average Bonchev–Trinajstić information content (AvgIpc) is 3.37. The van der Waals surface area contributed by atoms with Crippen molar-refractivity contribution in [2.75, 3.05) is 10.8 Å². The number of nitrogens with zero attached hydrogens (tertiary/aromatic N) is 4. The highest BCUT2D eigenvalue weighted by Gasteiger charge is 2.19. The molecule has 0 fully saturated rings. The van der Waals surface area contributed by atoms with Gasteiger partial charge in [0.15, 0.2) is 11.5 Å². The molecular weight excluding hydrogens is 869 g/mol. The number of fused-ring (bicyclic) bond motifs is 2. The number of carbonyl (C=O) groups excluding carboxylic acids is 1. The van der Waals surface area contributed by atoms with Crippen molar-refractivity contribution in [1.82, 2.24) is 0 Å². The molecule has 1 amide bonds. The van der Waals surface area contributed by atoms with Gasteiger partial charge >= 0.3 is 0 Å². The second-order valence-electron chi connectivity index (χ2n) is 17.2. The van der Waals surface area contributed by atoms with Crippen molar-refractivity contribution in [1.29, 1.82) is 0 Å². The van der Waals surface area contributed by atoms with Gasteiger partial charge in [0.25, 0.3) is 5.91 Å². The van der Waals surface area contributed by atoms with Crippen LogP contribution in [0.15, 0.2) is 190 Å². The minimum Gasteiger partial charge on any atom is -0.505 e. The van der Waals surface area contributed by atoms with Crippen molar-refractivity contribution in [3.63, 3.8) is 0 Å². The number of anilines is 2. The number of hydrogen-bond acceptors (Lipinski definition) is 9. The Bertz CT molecular complexity index is 3510. The summed E-state index contributed by atoms with van der Waals surface area (Å²) in [7, 11) is 0. The van der Waals surface area contributed by atoms with Gasteiger partial charge in [0.05, 0.1) is 23.5 Å². The van der Waals surface area contributed by atoms with Crippen LogP contribution in [-0.2, 0) is 11.4 Å². The number of rotatable bonds is 14. The molecule has 10 nitrogen and oxygen atoms in total. The van der Waals surface area contributed by atoms with Gasteiger partial charge < -0.3 is 15.5 Å². The van der Waals surface area contributed by atoms with E-state index in [0.717, 1.165) is 60.7 Å². The van der Waals surface area contributed by atoms with Gasteiger partial charge in [0.2, 0.25) is 0 Å². The van der Waals surface area contributed by atoms with E-state index in [9.17, 15) is 15.0 Å². The van der Waals surface area contributed by atoms with Crippen LogP contribution < -0.4 is 10.8 Å². The molecule has 9 aromatic rings. The second kappa shape index (κ2) is 20.9. The molecule has 0 heterocycles. The Balaban J connectivity index is 0.812. The lowest BCUT2D eigenvalue weighted by Gasteiger charge is -2.13. The molecule has 0 aliphatic heterocycles. The van der Waals surface area contributed by atoms with E-state index in [2.05, 4.69) is 87.6 Å². The Morgan fingerprint density at radius 1 is 0.500 bits per heavy atom. The number of amides is 1. The Morgan fingerprint density at radius 3 is 1.50 bits per heavy atom. The van der Waals surface area contributed by atoms with E-state index in [-0.39, 0.29) is 22.7 Å². The van der Waals surface area contributed by atoms with E-state index in [1.807, 2.05) is 159 Å². The summed E-state index contributed by atoms with van der Waals surface area (Å²) in [5, 5.41) is 46.5. The molecule has 0 unspecified atom stereocenters. The maximum Gasteiger partial charge on any atom is 0.259 e. The lowest BCUT2D eigenvalue weighted by Crippen LogP contribution is -2.13. The van der Waals surface area contributed by atoms with Crippen LogP contribution in [0.1, 0.15) is 60.4 Å². The van der Waals surface area contributed by atoms with Gasteiger partial charge in [-0.15, -0.1) is 10.2 Å². The number of phenols is 2. The first-order valence-electron chi connectivity index (χ1n) is 22.9. The number of phenolic OH excluding ortho intramolecular Hbond substituents is 2. The smallest absolute Gasteiger partial charge is 0.259 e. The summed E-state index contributed by atoms with van der Waals surface area (Å²) in [6.07, 6.45) is 8.18. The first kappa shape index (κ1) is 46.1. The van der Waals surface area contributed by atoms with E-state index in [4.69, 9.17) is 4.84 Å². The van der Waals surface area contributed by atoms with Crippen LogP contribution in [0.3, 0.4) is 0 Å². The third-order valence-electron chi connectivity index (χ3n) is 12.0. The molecule has 0 saturated carbocycles. The molecule has 70 heavy (non-hydrogen) atoms. The highest BCUT2D eigenvalue weighted by atomic mass is 16.6. The number of carbonyl (C=O) groups is 1. The van der Waals surface area contributed by atoms with Crippen molar-refractivity contribution in [3.05, 3.63) is 225 Å². The molecule has 10 heteroatoms. The molecule has 9 rings (SSSR count). The fraction of sp³-hybridized carbons (Fsp3) is 0.0833. The number of hydrogen-bond donors (Lipinski definition) is 4. The average molecular weight is 919 g/mol. The summed E-state index contributed by atoms with van der Waals surface area (Å²) < 4.78 is 0. The number of nitrogens with one attached hydrogen (secondary N) is 2. The molecule has 0 atom stereocenters. The summed E-state index contributed by atoms with van der Waals surface area (Å²) in [6.45, 7) is 8.37. The molecule has 0 aliphatic rings. The SMILES string of the molecule is Cc1ccc(CONc2cc3ccccc3c(N=Nc3ccc(C=Cc4ccc(C=Cc5ccc(N=Nc6c(O)c(C(=O)Nc7ccc(C)cc7C)cc7ccccc67)cc5)cc4)cc3)c2O)c(C)c1. The third-order valence-corrected chi connectivity index (χ3v) is 12.0. The van der Waals surface area contributed by atoms with Crippen LogP contribution in [0.2, 0.25) is 0 Å². The van der Waals surface area contributed by atoms with Crippen LogP contribution in [0.25, 0.3) is 45.8 Å². The van der Waals surface area contributed by atoms with E-state index < -0.39 is 5.91 Å². The molecule has 0 aromatic heterocycles. The normalized spacial score (nSPS) is 11.8. The molecule has 4 N–H and O–H groups in total. The number of benzene rings is 9. The zero-order chi connectivity index (χ0) is 48.6. The number of aryl methyl sites for hydroxylation is 4. The van der Waals surface area contributed by atoms with Crippen molar-refractivity contribution in [2.45, 2.75) is 34.3 Å². The van der Waals surface area contributed by atoms with Crippen molar-refractivity contribution in [2.24, 2.45) is 20.5 Å². The summed E-state index contributed by atoms with van der Waals surface area (Å²) in [5.41, 5.74) is 15.4. The van der Waals surface area contributed by atoms with Gasteiger partial charge in [-0.3, -0.25) is 15.1 Å². The third kappa shape index (κ3) is 10.9. The molecule has 344 valence electrons. The summed E-state index contributed by atoms with van der Waals surface area (Å²) in [6, 6.07) is 54.3. The number of azo groups is 2. The Morgan fingerprint density at radius 2 is 0.971 bits per heavy atom. The zero-order valence-electron chi connectivity index (χ0n) is 39.2. The fourth-order valence-electron chi connectivity index (χ4n) is 8.05. The van der Waals surface area contributed by atoms with Crippen molar-refractivity contribution in [3.8, 4) is 11.5 Å². The zero-order valence-corrected chi connectivity index (χ0v) is 39.2. The maximum atomic E-state index is 13.4. The van der Waals surface area contributed by atoms with E-state index in [1.165, 1.54) is 5.56 Å². The number of aromatic hydroxyl groups is 2. The standard InChI is InChI=1S/C60H50N6O4/c1-38-13-27-48(40(3)33-38)37-70-66-55-36-47-10-6-8-12-52(47)57(59(55)68)65-63-50-30-25-45(26-31-50)22-20-43-17-15-42(16-18-43)19-21-44-23-28-49(29-24-44)62-64-56-51-11-7-5-9-46(51)35-53(58(56)67)60(69)61-54-32-14-39(2)34-41(54)4/h5-36,66-68H,37H2,1-4H3,(H,61,69). The monoisotopic (exact) mass is 918 g/mol. The van der Waals surface area contributed by atoms with Gasteiger partial charge in [-0.25, -0.2) is 0 Å². The molecular formula is C60H50N6O4. The Hall–Kier alpha value is -8.99. The molecule has 0 aliphatic carbocycles. The van der Waals surface area contributed by atoms with Crippen LogP contribution in [0.5, 0.6) is 11.5 Å². The largest absolute Gasteiger partial charge is 0.505 e. The van der Waals surface area contributed by atoms with Gasteiger partial charge in [-0.1, -0.05) is 163 Å². The highest BCUT2D eigenvalue weighted by Crippen LogP contribution is 2.43. The quantitative estimate of drug-likeness (QED) is 0.0372. The molecule has 0 bridgehead atoms. The van der Waals surface area contributed by atoms with Crippen LogP contribution in [0.4, 0.5) is 34.1 Å². The fourth-order valence-corrected chi connectivity index (χ4v) is 8.05. The maximum absolute atomic E-state index is 13.4. The van der Waals surface area contributed by atoms with E-state index >= 15 is 0 Å². The summed E-state index contributed by atoms with van der Waals surface area (Å²) >= 11 is 0. The van der Waals surface area contributed by atoms with Gasteiger partial charge in [-0.2, -0.15) is 10.2 Å². The predicted molar refractivity (Wildman–Crippen MR) is 285 cm³/mol. The topological polar surface area (TPSA) is 140 Å². The lowest BCUT2D eigenvalue weighted by molar-refractivity contribution is 0.102.